The molecule has 0 aromatic carbocycles. The van der Waals surface area contributed by atoms with Gasteiger partial charge in [-0.25, -0.2) is 4.98 Å². The second-order valence-electron chi connectivity index (χ2n) is 4.83. The highest BCUT2D eigenvalue weighted by molar-refractivity contribution is 8.01. The van der Waals surface area contributed by atoms with Gasteiger partial charge in [0.2, 0.25) is 5.13 Å². The molecule has 0 aliphatic carbocycles. The van der Waals surface area contributed by atoms with Crippen molar-refractivity contribution in [2.45, 2.75) is 18.2 Å². The molecule has 0 aliphatic rings. The molecule has 3 aromatic rings. The number of carbonyl (C=O) groups excluding carboxylic acids is 2. The Hall–Kier alpha value is -1.82. The Morgan fingerprint density at radius 1 is 1.31 bits per heavy atom. The maximum Gasteiger partial charge on any atom is 0.316 e. The number of aryl methyl sites for hydroxylation is 1. The highest BCUT2D eigenvalue weighted by Crippen LogP contribution is 2.32. The van der Waals surface area contributed by atoms with Crippen molar-refractivity contribution in [3.8, 4) is 9.88 Å². The predicted octanol–water partition coefficient (Wildman–Crippen LogP) is 3.94. The van der Waals surface area contributed by atoms with Gasteiger partial charge < -0.3 is 4.74 Å². The van der Waals surface area contributed by atoms with Crippen molar-refractivity contribution in [3.05, 3.63) is 28.1 Å². The first kappa shape index (κ1) is 19.0. The number of anilines is 1. The van der Waals surface area contributed by atoms with Crippen molar-refractivity contribution in [2.75, 3.05) is 17.7 Å². The second-order valence-corrected chi connectivity index (χ2v) is 8.98. The maximum atomic E-state index is 12.5. The van der Waals surface area contributed by atoms with Gasteiger partial charge in [-0.1, -0.05) is 29.2 Å². The maximum absolute atomic E-state index is 12.5. The zero-order valence-corrected chi connectivity index (χ0v) is 17.1. The monoisotopic (exact) mass is 426 g/mol. The second kappa shape index (κ2) is 8.71. The quantitative estimate of drug-likeness (QED) is 0.347. The van der Waals surface area contributed by atoms with Crippen LogP contribution in [0.4, 0.5) is 5.13 Å². The van der Waals surface area contributed by atoms with E-state index in [2.05, 4.69) is 20.5 Å². The Balaban J connectivity index is 1.63. The third kappa shape index (κ3) is 4.67. The van der Waals surface area contributed by atoms with Crippen LogP contribution in [0.25, 0.3) is 9.88 Å². The van der Waals surface area contributed by atoms with Crippen LogP contribution in [-0.4, -0.2) is 39.4 Å². The molecule has 0 saturated carbocycles. The summed E-state index contributed by atoms with van der Waals surface area (Å²) < 4.78 is 5.45. The number of ether oxygens (including phenoxy) is 1. The normalized spacial score (nSPS) is 10.7. The minimum Gasteiger partial charge on any atom is -0.465 e. The summed E-state index contributed by atoms with van der Waals surface area (Å²) in [6.07, 6.45) is 0. The number of nitrogens with one attached hydrogen (secondary N) is 1. The Bertz CT molecular complexity index is 904. The predicted molar refractivity (Wildman–Crippen MR) is 105 cm³/mol. The summed E-state index contributed by atoms with van der Waals surface area (Å²) >= 11 is 5.37. The summed E-state index contributed by atoms with van der Waals surface area (Å²) in [5.41, 5.74) is 0.678. The summed E-state index contributed by atoms with van der Waals surface area (Å²) in [6.45, 7) is 3.91. The van der Waals surface area contributed by atoms with E-state index in [0.717, 1.165) is 9.88 Å². The first-order valence-electron chi connectivity index (χ1n) is 7.51. The highest BCUT2D eigenvalue weighted by Gasteiger charge is 2.18. The number of thioether (sulfide) groups is 1. The van der Waals surface area contributed by atoms with E-state index in [1.165, 1.54) is 34.4 Å². The van der Waals surface area contributed by atoms with Gasteiger partial charge in [-0.05, 0) is 25.3 Å². The van der Waals surface area contributed by atoms with Crippen molar-refractivity contribution < 1.29 is 14.3 Å². The zero-order chi connectivity index (χ0) is 18.5. The summed E-state index contributed by atoms with van der Waals surface area (Å²) in [5, 5.41) is 13.8. The highest BCUT2D eigenvalue weighted by atomic mass is 32.2. The summed E-state index contributed by atoms with van der Waals surface area (Å²) in [7, 11) is 0. The van der Waals surface area contributed by atoms with Crippen LogP contribution in [0.5, 0.6) is 0 Å². The molecule has 0 unspecified atom stereocenters. The zero-order valence-electron chi connectivity index (χ0n) is 13.8. The molecule has 0 spiro atoms. The van der Waals surface area contributed by atoms with Crippen LogP contribution in [0.2, 0.25) is 0 Å². The summed E-state index contributed by atoms with van der Waals surface area (Å²) in [6, 6.07) is 3.93. The molecule has 0 bridgehead atoms. The lowest BCUT2D eigenvalue weighted by atomic mass is 10.4. The van der Waals surface area contributed by atoms with Gasteiger partial charge in [-0.15, -0.1) is 32.9 Å². The van der Waals surface area contributed by atoms with Gasteiger partial charge in [-0.2, -0.15) is 0 Å². The lowest BCUT2D eigenvalue weighted by Gasteiger charge is -1.98. The molecule has 0 radical (unpaired) electrons. The molecular weight excluding hydrogens is 412 g/mol. The molecule has 7 nitrogen and oxygen atoms in total. The molecule has 3 rings (SSSR count). The van der Waals surface area contributed by atoms with Crippen LogP contribution in [-0.2, 0) is 9.53 Å². The number of thiazole rings is 1. The lowest BCUT2D eigenvalue weighted by Crippen LogP contribution is -2.11. The van der Waals surface area contributed by atoms with Crippen molar-refractivity contribution in [2.24, 2.45) is 0 Å². The number of hydrogen-bond acceptors (Lipinski definition) is 10. The van der Waals surface area contributed by atoms with Crippen LogP contribution in [0.3, 0.4) is 0 Å². The van der Waals surface area contributed by atoms with E-state index in [1.807, 2.05) is 24.4 Å². The van der Waals surface area contributed by atoms with Gasteiger partial charge in [-0.3, -0.25) is 14.9 Å². The number of thiophene rings is 1. The van der Waals surface area contributed by atoms with Gasteiger partial charge in [0.15, 0.2) is 4.34 Å². The molecule has 136 valence electrons. The molecule has 1 N–H and O–H groups in total. The molecule has 3 aromatic heterocycles. The lowest BCUT2D eigenvalue weighted by molar-refractivity contribution is -0.139. The van der Waals surface area contributed by atoms with Crippen molar-refractivity contribution in [1.29, 1.82) is 0 Å². The van der Waals surface area contributed by atoms with E-state index >= 15 is 0 Å². The molecule has 1 amide bonds. The van der Waals surface area contributed by atoms with E-state index < -0.39 is 0 Å². The van der Waals surface area contributed by atoms with Gasteiger partial charge in [0.1, 0.15) is 9.88 Å². The molecule has 0 saturated heterocycles. The number of aromatic nitrogens is 3. The third-order valence-corrected chi connectivity index (χ3v) is 7.12. The largest absolute Gasteiger partial charge is 0.465 e. The van der Waals surface area contributed by atoms with Gasteiger partial charge in [0.05, 0.1) is 22.9 Å². The fourth-order valence-electron chi connectivity index (χ4n) is 1.91. The Kier molecular flexibility index (Phi) is 6.35. The fourth-order valence-corrected chi connectivity index (χ4v) is 5.21. The first-order chi connectivity index (χ1) is 12.6. The fraction of sp³-hybridized carbons (Fsp3) is 0.267. The summed E-state index contributed by atoms with van der Waals surface area (Å²) in [5.74, 6) is -0.408. The number of nitrogens with zero attached hydrogens (tertiary/aromatic N) is 3. The average molecular weight is 427 g/mol. The Morgan fingerprint density at radius 3 is 2.88 bits per heavy atom. The van der Waals surface area contributed by atoms with Crippen LogP contribution in [0, 0.1) is 6.92 Å². The van der Waals surface area contributed by atoms with Gasteiger partial charge in [0, 0.05) is 0 Å². The van der Waals surface area contributed by atoms with E-state index in [0.29, 0.717) is 26.6 Å². The van der Waals surface area contributed by atoms with Crippen LogP contribution in [0.15, 0.2) is 21.9 Å². The molecule has 0 fully saturated rings. The third-order valence-electron chi connectivity index (χ3n) is 2.98. The van der Waals surface area contributed by atoms with E-state index in [4.69, 9.17) is 4.74 Å². The number of esters is 1. The molecule has 3 heterocycles. The van der Waals surface area contributed by atoms with Gasteiger partial charge in [0.25, 0.3) is 5.91 Å². The minimum absolute atomic E-state index is 0.161. The number of rotatable bonds is 7. The topological polar surface area (TPSA) is 94.1 Å². The van der Waals surface area contributed by atoms with Crippen LogP contribution >= 0.6 is 45.8 Å². The average Bonchev–Trinajstić information content (AvgIpc) is 3.33. The number of hydrogen-bond donors (Lipinski definition) is 1. The smallest absolute Gasteiger partial charge is 0.316 e. The van der Waals surface area contributed by atoms with Crippen molar-refractivity contribution >= 4 is 62.8 Å². The van der Waals surface area contributed by atoms with Crippen molar-refractivity contribution in [1.82, 2.24) is 15.2 Å². The van der Waals surface area contributed by atoms with E-state index in [9.17, 15) is 9.59 Å². The summed E-state index contributed by atoms with van der Waals surface area (Å²) in [4.78, 5) is 29.9. The SMILES string of the molecule is CCOC(=O)CSc1nnc(NC(=O)c2sc(-c3cccs3)nc2C)s1. The van der Waals surface area contributed by atoms with E-state index in [1.54, 1.807) is 18.3 Å². The number of carbonyl (C=O) groups is 2. The molecule has 26 heavy (non-hydrogen) atoms. The van der Waals surface area contributed by atoms with Crippen LogP contribution < -0.4 is 5.32 Å². The number of amides is 1. The molecule has 0 atom stereocenters. The standard InChI is InChI=1S/C15H14N4O3S4/c1-3-22-10(20)7-24-15-19-18-14(26-15)17-12(21)11-8(2)16-13(25-11)9-5-4-6-23-9/h4-6H,3,7H2,1-2H3,(H,17,18,21). The first-order valence-corrected chi connectivity index (χ1v) is 11.0. The molecule has 0 aliphatic heterocycles. The Labute approximate surface area is 165 Å². The van der Waals surface area contributed by atoms with Crippen LogP contribution in [0.1, 0.15) is 22.3 Å². The van der Waals surface area contributed by atoms with Gasteiger partial charge >= 0.3 is 5.97 Å². The Morgan fingerprint density at radius 2 is 2.15 bits per heavy atom. The molecular formula is C15H14N4O3S4. The van der Waals surface area contributed by atoms with E-state index in [-0.39, 0.29) is 17.6 Å². The molecule has 11 heteroatoms. The minimum atomic E-state index is -0.306. The van der Waals surface area contributed by atoms with Crippen molar-refractivity contribution in [3.63, 3.8) is 0 Å².